The van der Waals surface area contributed by atoms with Gasteiger partial charge in [0.15, 0.2) is 5.58 Å². The Kier molecular flexibility index (Phi) is 4.31. The van der Waals surface area contributed by atoms with Gasteiger partial charge >= 0.3 is 0 Å². The van der Waals surface area contributed by atoms with Gasteiger partial charge in [0.25, 0.3) is 0 Å². The van der Waals surface area contributed by atoms with Gasteiger partial charge in [-0.1, -0.05) is 93.6 Å². The zero-order valence-electron chi connectivity index (χ0n) is 24.4. The lowest BCUT2D eigenvalue weighted by Crippen LogP contribution is -2.34. The van der Waals surface area contributed by atoms with Crippen molar-refractivity contribution in [1.82, 2.24) is 4.40 Å². The highest BCUT2D eigenvalue weighted by Crippen LogP contribution is 2.46. The van der Waals surface area contributed by atoms with E-state index in [0.717, 1.165) is 50.7 Å². The lowest BCUT2D eigenvalue weighted by Gasteiger charge is -2.20. The number of aromatic nitrogens is 1. The standard InChI is InChI=1S/C40H29NO2/c1-40(2,3)24-10-8-9-22(19-24)23-20-31-27-15-17-29-25-11-4-6-13-33(25)42-38(29)36(27)41-35(31)32(21-23)28-16-18-30-26-12-5-7-14-34(26)43-39(30)37(28)41/h4-17,19-21,30H,18H2,1-3H3. The van der Waals surface area contributed by atoms with Crippen LogP contribution in [0.15, 0.2) is 101 Å². The molecule has 8 aromatic rings. The van der Waals surface area contributed by atoms with Crippen molar-refractivity contribution in [1.29, 1.82) is 0 Å². The topological polar surface area (TPSA) is 26.8 Å². The number of fused-ring (bicyclic) bond motifs is 13. The number of rotatable bonds is 1. The van der Waals surface area contributed by atoms with Gasteiger partial charge in [0, 0.05) is 37.7 Å². The number of ether oxygens (including phenoxy) is 1. The Morgan fingerprint density at radius 3 is 2.42 bits per heavy atom. The van der Waals surface area contributed by atoms with Crippen molar-refractivity contribution in [3.05, 3.63) is 119 Å². The molecule has 0 saturated heterocycles. The molecule has 1 aliphatic carbocycles. The van der Waals surface area contributed by atoms with Crippen LogP contribution >= 0.6 is 0 Å². The second kappa shape index (κ2) is 7.87. The molecule has 3 aromatic heterocycles. The van der Waals surface area contributed by atoms with Crippen molar-refractivity contribution in [3.8, 4) is 16.9 Å². The van der Waals surface area contributed by atoms with E-state index in [1.165, 1.54) is 49.1 Å². The number of benzene rings is 5. The lowest BCUT2D eigenvalue weighted by atomic mass is 9.85. The number of hydrogen-bond donors (Lipinski definition) is 0. The van der Waals surface area contributed by atoms with Crippen LogP contribution in [0.1, 0.15) is 44.2 Å². The molecular formula is C40H29NO2. The first-order chi connectivity index (χ1) is 21.0. The fraction of sp³-hybridized carbons (Fsp3) is 0.150. The van der Waals surface area contributed by atoms with Crippen molar-refractivity contribution in [2.45, 2.75) is 38.5 Å². The molecule has 5 aromatic carbocycles. The van der Waals surface area contributed by atoms with Crippen molar-refractivity contribution in [2.75, 3.05) is 0 Å². The van der Waals surface area contributed by atoms with Gasteiger partial charge in [-0.25, -0.2) is 0 Å². The molecule has 206 valence electrons. The molecule has 4 heterocycles. The van der Waals surface area contributed by atoms with Crippen molar-refractivity contribution in [3.63, 3.8) is 0 Å². The van der Waals surface area contributed by atoms with Crippen LogP contribution in [-0.2, 0) is 5.41 Å². The van der Waals surface area contributed by atoms with Gasteiger partial charge in [0.1, 0.15) is 17.1 Å². The normalized spacial score (nSPS) is 16.3. The molecule has 0 N–H and O–H groups in total. The van der Waals surface area contributed by atoms with Crippen LogP contribution in [-0.4, -0.2) is 4.40 Å². The van der Waals surface area contributed by atoms with E-state index in [1.807, 2.05) is 6.07 Å². The number of furan rings is 1. The minimum Gasteiger partial charge on any atom is -0.459 e. The van der Waals surface area contributed by atoms with Crippen LogP contribution in [0.5, 0.6) is 5.75 Å². The minimum absolute atomic E-state index is 0.0765. The van der Waals surface area contributed by atoms with Gasteiger partial charge in [-0.2, -0.15) is 0 Å². The highest BCUT2D eigenvalue weighted by atomic mass is 16.5. The molecule has 2 aliphatic rings. The van der Waals surface area contributed by atoms with E-state index in [0.29, 0.717) is 0 Å². The summed E-state index contributed by atoms with van der Waals surface area (Å²) in [4.78, 5) is 0. The molecule has 3 heteroatoms. The SMILES string of the molecule is CC(C)(C)c1cccc(-c2cc3c4c(n5c3c(c2)c2ccc3c6ccccc6oc3c25)=C2Oc3ccccc3C2CC=4)c1. The van der Waals surface area contributed by atoms with Crippen LogP contribution in [0.4, 0.5) is 0 Å². The summed E-state index contributed by atoms with van der Waals surface area (Å²) in [6.45, 7) is 6.84. The maximum absolute atomic E-state index is 6.73. The Morgan fingerprint density at radius 1 is 0.698 bits per heavy atom. The molecule has 3 nitrogen and oxygen atoms in total. The molecular weight excluding hydrogens is 526 g/mol. The third-order valence-corrected chi connectivity index (χ3v) is 9.82. The van der Waals surface area contributed by atoms with Crippen molar-refractivity contribution >= 4 is 61.0 Å². The Balaban J connectivity index is 1.41. The first-order valence-corrected chi connectivity index (χ1v) is 15.2. The molecule has 10 rings (SSSR count). The largest absolute Gasteiger partial charge is 0.459 e. The highest BCUT2D eigenvalue weighted by Gasteiger charge is 2.34. The average Bonchev–Trinajstić information content (AvgIpc) is 3.76. The summed E-state index contributed by atoms with van der Waals surface area (Å²) in [5, 5.41) is 8.46. The highest BCUT2D eigenvalue weighted by molar-refractivity contribution is 6.24. The van der Waals surface area contributed by atoms with Gasteiger partial charge < -0.3 is 13.6 Å². The summed E-state index contributed by atoms with van der Waals surface area (Å²) in [6, 6.07) is 35.2. The zero-order chi connectivity index (χ0) is 28.6. The number of para-hydroxylation sites is 2. The van der Waals surface area contributed by atoms with E-state index in [2.05, 4.69) is 122 Å². The summed E-state index contributed by atoms with van der Waals surface area (Å²) in [5.41, 5.74) is 9.39. The summed E-state index contributed by atoms with van der Waals surface area (Å²) in [7, 11) is 0. The Morgan fingerprint density at radius 2 is 1.51 bits per heavy atom. The van der Waals surface area contributed by atoms with Gasteiger partial charge in [-0.05, 0) is 58.9 Å². The minimum atomic E-state index is 0.0765. The van der Waals surface area contributed by atoms with Crippen LogP contribution in [0, 0.1) is 0 Å². The molecule has 0 radical (unpaired) electrons. The van der Waals surface area contributed by atoms with E-state index in [9.17, 15) is 0 Å². The first kappa shape index (κ1) is 23.5. The zero-order valence-corrected chi connectivity index (χ0v) is 24.4. The van der Waals surface area contributed by atoms with E-state index in [-0.39, 0.29) is 11.3 Å². The summed E-state index contributed by atoms with van der Waals surface area (Å²) in [6.07, 6.45) is 3.37. The fourth-order valence-electron chi connectivity index (χ4n) is 7.74. The molecule has 0 saturated carbocycles. The molecule has 1 unspecified atom stereocenters. The predicted octanol–water partition coefficient (Wildman–Crippen LogP) is 9.02. The first-order valence-electron chi connectivity index (χ1n) is 15.2. The molecule has 0 spiro atoms. The van der Waals surface area contributed by atoms with Gasteiger partial charge in [0.05, 0.1) is 22.3 Å². The van der Waals surface area contributed by atoms with Crippen LogP contribution in [0.25, 0.3) is 72.1 Å². The molecule has 1 aliphatic heterocycles. The van der Waals surface area contributed by atoms with E-state index < -0.39 is 0 Å². The molecule has 43 heavy (non-hydrogen) atoms. The van der Waals surface area contributed by atoms with E-state index >= 15 is 0 Å². The maximum Gasteiger partial charge on any atom is 0.160 e. The third-order valence-electron chi connectivity index (χ3n) is 9.82. The molecule has 0 bridgehead atoms. The quantitative estimate of drug-likeness (QED) is 0.202. The second-order valence-corrected chi connectivity index (χ2v) is 13.3. The monoisotopic (exact) mass is 555 g/mol. The Labute approximate surface area is 248 Å². The summed E-state index contributed by atoms with van der Waals surface area (Å²) >= 11 is 0. The van der Waals surface area contributed by atoms with Gasteiger partial charge in [-0.3, -0.25) is 0 Å². The molecule has 1 atom stereocenters. The second-order valence-electron chi connectivity index (χ2n) is 13.3. The Hall–Kier alpha value is -5.02. The fourth-order valence-corrected chi connectivity index (χ4v) is 7.74. The Bertz CT molecular complexity index is 2610. The summed E-state index contributed by atoms with van der Waals surface area (Å²) in [5.74, 6) is 2.24. The van der Waals surface area contributed by atoms with E-state index in [4.69, 9.17) is 9.15 Å². The smallest absolute Gasteiger partial charge is 0.160 e. The van der Waals surface area contributed by atoms with Crippen molar-refractivity contribution < 1.29 is 9.15 Å². The number of hydrogen-bond acceptors (Lipinski definition) is 2. The predicted molar refractivity (Wildman–Crippen MR) is 177 cm³/mol. The molecule has 0 amide bonds. The number of nitrogens with zero attached hydrogens (tertiary/aromatic N) is 1. The van der Waals surface area contributed by atoms with Crippen molar-refractivity contribution in [2.24, 2.45) is 0 Å². The molecule has 0 fully saturated rings. The average molecular weight is 556 g/mol. The van der Waals surface area contributed by atoms with Crippen LogP contribution in [0.2, 0.25) is 0 Å². The lowest BCUT2D eigenvalue weighted by molar-refractivity contribution is 0.506. The van der Waals surface area contributed by atoms with E-state index in [1.54, 1.807) is 0 Å². The maximum atomic E-state index is 6.73. The summed E-state index contributed by atoms with van der Waals surface area (Å²) < 4.78 is 15.9. The van der Waals surface area contributed by atoms with Gasteiger partial charge in [-0.15, -0.1) is 0 Å². The van der Waals surface area contributed by atoms with Gasteiger partial charge in [0.2, 0.25) is 0 Å². The van der Waals surface area contributed by atoms with Crippen LogP contribution in [0.3, 0.4) is 0 Å². The third kappa shape index (κ3) is 2.99. The van der Waals surface area contributed by atoms with Crippen LogP contribution < -0.4 is 15.3 Å².